The molecule has 0 aliphatic rings. The predicted molar refractivity (Wildman–Crippen MR) is 104 cm³/mol. The minimum absolute atomic E-state index is 0.257. The number of amides is 1. The van der Waals surface area contributed by atoms with Gasteiger partial charge in [-0.25, -0.2) is 5.43 Å². The SMILES string of the molecule is Cc1cccc(-n2c(C)cc(/C=N\NC(=O)c3ccncc3)c2C)c1C. The van der Waals surface area contributed by atoms with Crippen LogP contribution in [-0.4, -0.2) is 21.7 Å². The first-order valence-electron chi connectivity index (χ1n) is 8.48. The van der Waals surface area contributed by atoms with Crippen LogP contribution in [0.25, 0.3) is 5.69 Å². The van der Waals surface area contributed by atoms with Crippen LogP contribution in [0.3, 0.4) is 0 Å². The second kappa shape index (κ2) is 7.35. The second-order valence-corrected chi connectivity index (χ2v) is 6.32. The Hall–Kier alpha value is -3.21. The number of hydrogen-bond donors (Lipinski definition) is 1. The van der Waals surface area contributed by atoms with Crippen molar-refractivity contribution in [2.45, 2.75) is 27.7 Å². The molecule has 0 aliphatic carbocycles. The van der Waals surface area contributed by atoms with Crippen molar-refractivity contribution in [2.75, 3.05) is 0 Å². The standard InChI is InChI=1S/C21H22N4O/c1-14-6-5-7-20(16(14)3)25-15(2)12-19(17(25)4)13-23-24-21(26)18-8-10-22-11-9-18/h5-13H,1-4H3,(H,24,26)/b23-13-. The second-order valence-electron chi connectivity index (χ2n) is 6.32. The summed E-state index contributed by atoms with van der Waals surface area (Å²) < 4.78 is 2.22. The van der Waals surface area contributed by atoms with Crippen LogP contribution in [-0.2, 0) is 0 Å². The highest BCUT2D eigenvalue weighted by Crippen LogP contribution is 2.24. The molecule has 5 nitrogen and oxygen atoms in total. The molecule has 26 heavy (non-hydrogen) atoms. The van der Waals surface area contributed by atoms with Gasteiger partial charge in [-0.1, -0.05) is 12.1 Å². The molecule has 0 spiro atoms. The van der Waals surface area contributed by atoms with Crippen molar-refractivity contribution in [3.63, 3.8) is 0 Å². The van der Waals surface area contributed by atoms with E-state index in [0.29, 0.717) is 5.56 Å². The van der Waals surface area contributed by atoms with Gasteiger partial charge < -0.3 is 4.57 Å². The Balaban J connectivity index is 1.84. The number of hydrazone groups is 1. The minimum Gasteiger partial charge on any atom is -0.318 e. The Labute approximate surface area is 153 Å². The highest BCUT2D eigenvalue weighted by Gasteiger charge is 2.12. The molecule has 0 saturated carbocycles. The lowest BCUT2D eigenvalue weighted by Crippen LogP contribution is -2.17. The van der Waals surface area contributed by atoms with Crippen molar-refractivity contribution in [3.05, 3.63) is 82.4 Å². The summed E-state index contributed by atoms with van der Waals surface area (Å²) in [6, 6.07) is 11.7. The quantitative estimate of drug-likeness (QED) is 0.576. The van der Waals surface area contributed by atoms with Crippen LogP contribution < -0.4 is 5.43 Å². The first-order valence-corrected chi connectivity index (χ1v) is 8.48. The van der Waals surface area contributed by atoms with Crippen molar-refractivity contribution in [3.8, 4) is 5.69 Å². The van der Waals surface area contributed by atoms with E-state index in [1.165, 1.54) is 16.8 Å². The molecular formula is C21H22N4O. The van der Waals surface area contributed by atoms with Crippen molar-refractivity contribution >= 4 is 12.1 Å². The van der Waals surface area contributed by atoms with Gasteiger partial charge in [-0.2, -0.15) is 5.10 Å². The lowest BCUT2D eigenvalue weighted by Gasteiger charge is -2.14. The zero-order valence-electron chi connectivity index (χ0n) is 15.4. The van der Waals surface area contributed by atoms with Gasteiger partial charge in [-0.05, 0) is 63.1 Å². The van der Waals surface area contributed by atoms with Gasteiger partial charge >= 0.3 is 0 Å². The van der Waals surface area contributed by atoms with Crippen LogP contribution in [0, 0.1) is 27.7 Å². The highest BCUT2D eigenvalue weighted by molar-refractivity contribution is 5.94. The number of carbonyl (C=O) groups excluding carboxylic acids is 1. The molecule has 0 fully saturated rings. The molecule has 0 aliphatic heterocycles. The summed E-state index contributed by atoms with van der Waals surface area (Å²) in [6.45, 7) is 8.37. The number of rotatable bonds is 4. The van der Waals surface area contributed by atoms with Gasteiger partial charge in [-0.15, -0.1) is 0 Å². The average molecular weight is 346 g/mol. The molecule has 1 N–H and O–H groups in total. The largest absolute Gasteiger partial charge is 0.318 e. The van der Waals surface area contributed by atoms with Crippen LogP contribution in [0.4, 0.5) is 0 Å². The molecule has 132 valence electrons. The van der Waals surface area contributed by atoms with Gasteiger partial charge in [0.15, 0.2) is 0 Å². The molecule has 0 radical (unpaired) electrons. The summed E-state index contributed by atoms with van der Waals surface area (Å²) >= 11 is 0. The van der Waals surface area contributed by atoms with Crippen LogP contribution in [0.5, 0.6) is 0 Å². The lowest BCUT2D eigenvalue weighted by atomic mass is 10.1. The molecule has 3 aromatic rings. The first-order chi connectivity index (χ1) is 12.5. The molecule has 3 rings (SSSR count). The van der Waals surface area contributed by atoms with Gasteiger partial charge in [0.2, 0.25) is 0 Å². The number of nitrogens with zero attached hydrogens (tertiary/aromatic N) is 3. The Kier molecular flexibility index (Phi) is 4.98. The molecule has 0 saturated heterocycles. The number of hydrogen-bond acceptors (Lipinski definition) is 3. The molecule has 1 amide bonds. The maximum Gasteiger partial charge on any atom is 0.271 e. The van der Waals surface area contributed by atoms with E-state index in [9.17, 15) is 4.79 Å². The zero-order valence-corrected chi connectivity index (χ0v) is 15.4. The maximum absolute atomic E-state index is 12.0. The number of benzene rings is 1. The number of carbonyl (C=O) groups is 1. The van der Waals surface area contributed by atoms with Gasteiger partial charge in [0.25, 0.3) is 5.91 Å². The Morgan fingerprint density at radius 3 is 2.58 bits per heavy atom. The third kappa shape index (κ3) is 3.42. The lowest BCUT2D eigenvalue weighted by molar-refractivity contribution is 0.0955. The molecule has 0 unspecified atom stereocenters. The van der Waals surface area contributed by atoms with Gasteiger partial charge in [0.05, 0.1) is 6.21 Å². The molecule has 5 heteroatoms. The fourth-order valence-electron chi connectivity index (χ4n) is 3.00. The minimum atomic E-state index is -0.257. The normalized spacial score (nSPS) is 11.1. The van der Waals surface area contributed by atoms with Crippen LogP contribution >= 0.6 is 0 Å². The fourth-order valence-corrected chi connectivity index (χ4v) is 3.00. The van der Waals surface area contributed by atoms with E-state index < -0.39 is 0 Å². The summed E-state index contributed by atoms with van der Waals surface area (Å²) in [5, 5.41) is 4.11. The maximum atomic E-state index is 12.0. The number of aryl methyl sites for hydroxylation is 2. The molecular weight excluding hydrogens is 324 g/mol. The monoisotopic (exact) mass is 346 g/mol. The number of pyridine rings is 1. The molecule has 1 aromatic carbocycles. The number of aromatic nitrogens is 2. The van der Waals surface area contributed by atoms with E-state index >= 15 is 0 Å². The Morgan fingerprint density at radius 1 is 1.12 bits per heavy atom. The zero-order chi connectivity index (χ0) is 18.7. The smallest absolute Gasteiger partial charge is 0.271 e. The van der Waals surface area contributed by atoms with Crippen molar-refractivity contribution in [2.24, 2.45) is 5.10 Å². The van der Waals surface area contributed by atoms with E-state index in [2.05, 4.69) is 72.0 Å². The van der Waals surface area contributed by atoms with Crippen LogP contribution in [0.15, 0.2) is 53.9 Å². The molecule has 2 aromatic heterocycles. The summed E-state index contributed by atoms with van der Waals surface area (Å²) in [4.78, 5) is 15.9. The molecule has 0 bridgehead atoms. The van der Waals surface area contributed by atoms with E-state index in [1.54, 1.807) is 30.7 Å². The molecule has 0 atom stereocenters. The predicted octanol–water partition coefficient (Wildman–Crippen LogP) is 3.87. The van der Waals surface area contributed by atoms with Crippen LogP contribution in [0.1, 0.15) is 38.4 Å². The Bertz CT molecular complexity index is 971. The van der Waals surface area contributed by atoms with E-state index in [1.807, 2.05) is 0 Å². The Morgan fingerprint density at radius 2 is 1.85 bits per heavy atom. The van der Waals surface area contributed by atoms with E-state index in [0.717, 1.165) is 17.0 Å². The summed E-state index contributed by atoms with van der Waals surface area (Å²) in [5.41, 5.74) is 9.94. The third-order valence-corrected chi connectivity index (χ3v) is 4.60. The van der Waals surface area contributed by atoms with Crippen molar-refractivity contribution in [1.29, 1.82) is 0 Å². The van der Waals surface area contributed by atoms with Gasteiger partial charge in [0, 0.05) is 40.6 Å². The van der Waals surface area contributed by atoms with Gasteiger partial charge in [0.1, 0.15) is 0 Å². The van der Waals surface area contributed by atoms with Crippen molar-refractivity contribution in [1.82, 2.24) is 15.0 Å². The fraction of sp³-hybridized carbons (Fsp3) is 0.190. The third-order valence-electron chi connectivity index (χ3n) is 4.60. The summed E-state index contributed by atoms with van der Waals surface area (Å²) in [6.07, 6.45) is 4.84. The topological polar surface area (TPSA) is 59.3 Å². The number of nitrogens with one attached hydrogen (secondary N) is 1. The van der Waals surface area contributed by atoms with Crippen LogP contribution in [0.2, 0.25) is 0 Å². The van der Waals surface area contributed by atoms with Gasteiger partial charge in [-0.3, -0.25) is 9.78 Å². The molecule has 2 heterocycles. The van der Waals surface area contributed by atoms with Crippen molar-refractivity contribution < 1.29 is 4.79 Å². The first kappa shape index (κ1) is 17.6. The summed E-state index contributed by atoms with van der Waals surface area (Å²) in [7, 11) is 0. The summed E-state index contributed by atoms with van der Waals surface area (Å²) in [5.74, 6) is -0.257. The average Bonchev–Trinajstić information content (AvgIpc) is 2.92. The van der Waals surface area contributed by atoms with E-state index in [-0.39, 0.29) is 5.91 Å². The van der Waals surface area contributed by atoms with E-state index in [4.69, 9.17) is 0 Å². The highest BCUT2D eigenvalue weighted by atomic mass is 16.2.